The minimum absolute atomic E-state index is 0.117. The molecule has 1 amide bonds. The average Bonchev–Trinajstić information content (AvgIpc) is 2.52. The summed E-state index contributed by atoms with van der Waals surface area (Å²) in [5.74, 6) is -1.67. The van der Waals surface area contributed by atoms with Crippen LogP contribution in [-0.2, 0) is 14.3 Å². The van der Waals surface area contributed by atoms with Gasteiger partial charge in [0.1, 0.15) is 17.7 Å². The van der Waals surface area contributed by atoms with E-state index in [1.54, 1.807) is 6.07 Å². The zero-order valence-corrected chi connectivity index (χ0v) is 14.8. The van der Waals surface area contributed by atoms with Crippen LogP contribution in [0.3, 0.4) is 0 Å². The normalized spacial score (nSPS) is 12.5. The number of ether oxygens (including phenoxy) is 1. The maximum atomic E-state index is 12.0. The number of carbonyl (C=O) groups is 2. The predicted molar refractivity (Wildman–Crippen MR) is 91.1 cm³/mol. The highest BCUT2D eigenvalue weighted by Gasteiger charge is 2.22. The van der Waals surface area contributed by atoms with Crippen LogP contribution in [0.1, 0.15) is 46.5 Å². The summed E-state index contributed by atoms with van der Waals surface area (Å²) in [5, 5.41) is 23.4. The maximum Gasteiger partial charge on any atom is 0.326 e. The molecule has 7 heteroatoms. The van der Waals surface area contributed by atoms with E-state index >= 15 is 0 Å². The Morgan fingerprint density at radius 2 is 1.96 bits per heavy atom. The minimum Gasteiger partial charge on any atom is -0.480 e. The van der Waals surface area contributed by atoms with Crippen LogP contribution >= 0.6 is 0 Å². The molecule has 0 aromatic rings. The fraction of sp³-hybridized carbons (Fsp3) is 0.706. The summed E-state index contributed by atoms with van der Waals surface area (Å²) in [6.45, 7) is 7.76. The van der Waals surface area contributed by atoms with Crippen molar-refractivity contribution >= 4 is 11.9 Å². The van der Waals surface area contributed by atoms with E-state index in [2.05, 4.69) is 17.6 Å². The number of nitriles is 1. The number of carboxylic acid groups (broad SMARTS) is 1. The van der Waals surface area contributed by atoms with E-state index in [9.17, 15) is 9.59 Å². The molecule has 0 heterocycles. The molecule has 0 aliphatic carbocycles. The van der Waals surface area contributed by atoms with Crippen molar-refractivity contribution in [2.24, 2.45) is 5.92 Å². The Labute approximate surface area is 144 Å². The molecule has 0 saturated carbocycles. The highest BCUT2D eigenvalue weighted by molar-refractivity contribution is 5.99. The molecule has 0 saturated heterocycles. The summed E-state index contributed by atoms with van der Waals surface area (Å²) in [6.07, 6.45) is 4.51. The highest BCUT2D eigenvalue weighted by atomic mass is 16.5. The van der Waals surface area contributed by atoms with Crippen molar-refractivity contribution in [3.8, 4) is 6.07 Å². The van der Waals surface area contributed by atoms with Crippen molar-refractivity contribution in [2.45, 2.75) is 52.5 Å². The lowest BCUT2D eigenvalue weighted by atomic mass is 10.0. The van der Waals surface area contributed by atoms with E-state index in [0.29, 0.717) is 19.6 Å². The second-order valence-corrected chi connectivity index (χ2v) is 5.94. The van der Waals surface area contributed by atoms with Crippen LogP contribution in [0, 0.1) is 17.2 Å². The van der Waals surface area contributed by atoms with Gasteiger partial charge in [0.05, 0.1) is 0 Å². The molecular formula is C17H29N3O4. The predicted octanol–water partition coefficient (Wildman–Crippen LogP) is 1.81. The molecule has 136 valence electrons. The summed E-state index contributed by atoms with van der Waals surface area (Å²) >= 11 is 0. The molecule has 0 aromatic heterocycles. The van der Waals surface area contributed by atoms with E-state index in [4.69, 9.17) is 15.1 Å². The molecule has 1 unspecified atom stereocenters. The van der Waals surface area contributed by atoms with Gasteiger partial charge in [0.2, 0.25) is 0 Å². The zero-order chi connectivity index (χ0) is 18.4. The first-order chi connectivity index (χ1) is 11.4. The van der Waals surface area contributed by atoms with Crippen molar-refractivity contribution in [1.29, 1.82) is 5.26 Å². The molecule has 0 spiro atoms. The van der Waals surface area contributed by atoms with Crippen molar-refractivity contribution in [1.82, 2.24) is 10.6 Å². The summed E-state index contributed by atoms with van der Waals surface area (Å²) < 4.78 is 5.40. The Morgan fingerprint density at radius 1 is 1.29 bits per heavy atom. The Morgan fingerprint density at radius 3 is 2.50 bits per heavy atom. The van der Waals surface area contributed by atoms with E-state index in [0.717, 1.165) is 25.9 Å². The monoisotopic (exact) mass is 339 g/mol. The topological polar surface area (TPSA) is 111 Å². The van der Waals surface area contributed by atoms with Crippen LogP contribution in [0.2, 0.25) is 0 Å². The van der Waals surface area contributed by atoms with Gasteiger partial charge in [-0.15, -0.1) is 0 Å². The first-order valence-electron chi connectivity index (χ1n) is 8.37. The third kappa shape index (κ3) is 10.6. The van der Waals surface area contributed by atoms with Gasteiger partial charge in [-0.3, -0.25) is 4.79 Å². The van der Waals surface area contributed by atoms with Gasteiger partial charge in [-0.2, -0.15) is 5.26 Å². The van der Waals surface area contributed by atoms with Crippen molar-refractivity contribution in [3.63, 3.8) is 0 Å². The average molecular weight is 339 g/mol. The number of unbranched alkanes of at least 4 members (excludes halogenated alkanes) is 1. The zero-order valence-electron chi connectivity index (χ0n) is 14.8. The van der Waals surface area contributed by atoms with E-state index in [-0.39, 0.29) is 11.5 Å². The lowest BCUT2D eigenvalue weighted by Gasteiger charge is -2.16. The van der Waals surface area contributed by atoms with Gasteiger partial charge < -0.3 is 20.5 Å². The number of amides is 1. The van der Waals surface area contributed by atoms with Gasteiger partial charge >= 0.3 is 5.97 Å². The molecule has 0 aromatic carbocycles. The van der Waals surface area contributed by atoms with Crippen LogP contribution in [0.15, 0.2) is 11.8 Å². The van der Waals surface area contributed by atoms with Gasteiger partial charge in [0, 0.05) is 26.0 Å². The minimum atomic E-state index is -1.11. The van der Waals surface area contributed by atoms with Gasteiger partial charge in [-0.25, -0.2) is 4.79 Å². The highest BCUT2D eigenvalue weighted by Crippen LogP contribution is 2.06. The van der Waals surface area contributed by atoms with E-state index in [1.165, 1.54) is 6.20 Å². The molecule has 1 atom stereocenters. The van der Waals surface area contributed by atoms with Gasteiger partial charge in [-0.1, -0.05) is 27.2 Å². The van der Waals surface area contributed by atoms with Gasteiger partial charge in [0.25, 0.3) is 5.91 Å². The van der Waals surface area contributed by atoms with Crippen molar-refractivity contribution in [2.75, 3.05) is 19.8 Å². The lowest BCUT2D eigenvalue weighted by molar-refractivity contribution is -0.141. The van der Waals surface area contributed by atoms with Gasteiger partial charge in [0.15, 0.2) is 0 Å². The Balaban J connectivity index is 4.28. The molecule has 0 fully saturated rings. The summed E-state index contributed by atoms with van der Waals surface area (Å²) in [5.41, 5.74) is -0.142. The summed E-state index contributed by atoms with van der Waals surface area (Å²) in [6, 6.07) is 0.782. The number of carbonyl (C=O) groups excluding carboxylic acids is 1. The number of nitrogens with zero attached hydrogens (tertiary/aromatic N) is 1. The number of rotatable bonds is 13. The Hall–Kier alpha value is -2.07. The van der Waals surface area contributed by atoms with E-state index in [1.807, 2.05) is 13.8 Å². The second kappa shape index (κ2) is 13.4. The molecule has 0 aliphatic heterocycles. The number of hydrogen-bond acceptors (Lipinski definition) is 5. The molecule has 7 nitrogen and oxygen atoms in total. The Bertz CT molecular complexity index is 455. The third-order valence-electron chi connectivity index (χ3n) is 3.17. The quantitative estimate of drug-likeness (QED) is 0.268. The SMILES string of the molecule is CCCCOCCCN/C=C(/C#N)C(=O)NC(CC(C)C)C(=O)O. The van der Waals surface area contributed by atoms with Gasteiger partial charge in [-0.05, 0) is 25.2 Å². The molecular weight excluding hydrogens is 310 g/mol. The van der Waals surface area contributed by atoms with Crippen LogP contribution in [-0.4, -0.2) is 42.8 Å². The molecule has 0 bridgehead atoms. The fourth-order valence-corrected chi connectivity index (χ4v) is 1.88. The first-order valence-corrected chi connectivity index (χ1v) is 8.37. The second-order valence-electron chi connectivity index (χ2n) is 5.94. The molecule has 0 aliphatic rings. The van der Waals surface area contributed by atoms with Crippen LogP contribution < -0.4 is 10.6 Å². The fourth-order valence-electron chi connectivity index (χ4n) is 1.88. The van der Waals surface area contributed by atoms with Crippen molar-refractivity contribution < 1.29 is 19.4 Å². The largest absolute Gasteiger partial charge is 0.480 e. The lowest BCUT2D eigenvalue weighted by Crippen LogP contribution is -2.42. The summed E-state index contributed by atoms with van der Waals surface area (Å²) in [7, 11) is 0. The smallest absolute Gasteiger partial charge is 0.326 e. The molecule has 24 heavy (non-hydrogen) atoms. The third-order valence-corrected chi connectivity index (χ3v) is 3.17. The summed E-state index contributed by atoms with van der Waals surface area (Å²) in [4.78, 5) is 23.1. The van der Waals surface area contributed by atoms with Crippen LogP contribution in [0.25, 0.3) is 0 Å². The Kier molecular flexibility index (Phi) is 12.2. The number of hydrogen-bond donors (Lipinski definition) is 3. The number of nitrogens with one attached hydrogen (secondary N) is 2. The molecule has 0 radical (unpaired) electrons. The van der Waals surface area contributed by atoms with Crippen LogP contribution in [0.5, 0.6) is 0 Å². The first kappa shape index (κ1) is 21.9. The number of carboxylic acids is 1. The van der Waals surface area contributed by atoms with Crippen molar-refractivity contribution in [3.05, 3.63) is 11.8 Å². The standard InChI is InChI=1S/C17H29N3O4/c1-4-5-8-24-9-6-7-19-12-14(11-18)16(21)20-15(17(22)23)10-13(2)3/h12-13,15,19H,4-10H2,1-3H3,(H,20,21)(H,22,23)/b14-12-. The van der Waals surface area contributed by atoms with Crippen LogP contribution in [0.4, 0.5) is 0 Å². The molecule has 0 rings (SSSR count). The van der Waals surface area contributed by atoms with E-state index < -0.39 is 17.9 Å². The maximum absolute atomic E-state index is 12.0. The number of aliphatic carboxylic acids is 1. The molecule has 3 N–H and O–H groups in total.